The summed E-state index contributed by atoms with van der Waals surface area (Å²) in [7, 11) is 0. The van der Waals surface area contributed by atoms with Crippen molar-refractivity contribution in [1.82, 2.24) is 0 Å². The topological polar surface area (TPSA) is 44.5 Å². The number of alkyl halides is 3. The average Bonchev–Trinajstić information content (AvgIpc) is 2.62. The number of halogens is 3. The van der Waals surface area contributed by atoms with E-state index in [0.717, 1.165) is 16.9 Å². The summed E-state index contributed by atoms with van der Waals surface area (Å²) in [6.45, 7) is 6.45. The lowest BCUT2D eigenvalue weighted by molar-refractivity contribution is -0.274. The van der Waals surface area contributed by atoms with Crippen LogP contribution in [0.1, 0.15) is 44.7 Å². The maximum Gasteiger partial charge on any atom is 0.573 e. The van der Waals surface area contributed by atoms with Gasteiger partial charge < -0.3 is 15.2 Å². The van der Waals surface area contributed by atoms with Gasteiger partial charge in [0.25, 0.3) is 0 Å². The van der Waals surface area contributed by atoms with Crippen molar-refractivity contribution in [2.45, 2.75) is 45.4 Å². The highest BCUT2D eigenvalue weighted by Gasteiger charge is 2.31. The van der Waals surface area contributed by atoms with Crippen LogP contribution in [0.4, 0.5) is 13.2 Å². The highest BCUT2D eigenvalue weighted by atomic mass is 19.4. The van der Waals surface area contributed by atoms with Crippen LogP contribution < -0.4 is 15.2 Å². The van der Waals surface area contributed by atoms with Crippen LogP contribution in [-0.2, 0) is 5.41 Å². The molecule has 3 nitrogen and oxygen atoms in total. The predicted molar refractivity (Wildman–Crippen MR) is 107 cm³/mol. The molecule has 0 saturated carbocycles. The van der Waals surface area contributed by atoms with E-state index in [1.165, 1.54) is 17.7 Å². The summed E-state index contributed by atoms with van der Waals surface area (Å²) in [6, 6.07) is 13.7. The second kappa shape index (κ2) is 7.85. The second-order valence-electron chi connectivity index (χ2n) is 8.00. The molecule has 0 bridgehead atoms. The molecule has 1 aliphatic carbocycles. The molecular weight excluding hydrogens is 379 g/mol. The van der Waals surface area contributed by atoms with Crippen LogP contribution in [0.3, 0.4) is 0 Å². The summed E-state index contributed by atoms with van der Waals surface area (Å²) in [5.74, 6) is 1.17. The van der Waals surface area contributed by atoms with Crippen molar-refractivity contribution in [2.24, 2.45) is 5.73 Å². The molecule has 2 N–H and O–H groups in total. The Morgan fingerprint density at radius 1 is 0.828 bits per heavy atom. The van der Waals surface area contributed by atoms with Crippen LogP contribution in [-0.4, -0.2) is 6.36 Å². The van der Waals surface area contributed by atoms with E-state index >= 15 is 0 Å². The zero-order chi connectivity index (χ0) is 21.2. The summed E-state index contributed by atoms with van der Waals surface area (Å²) in [5, 5.41) is 0. The summed E-state index contributed by atoms with van der Waals surface area (Å²) in [4.78, 5) is 0. The normalized spacial score (nSPS) is 15.2. The molecule has 1 aliphatic rings. The Morgan fingerprint density at radius 2 is 1.41 bits per heavy atom. The number of benzene rings is 2. The fourth-order valence-electron chi connectivity index (χ4n) is 3.11. The lowest BCUT2D eigenvalue weighted by Gasteiger charge is -2.21. The maximum atomic E-state index is 12.3. The molecule has 0 heterocycles. The third-order valence-corrected chi connectivity index (χ3v) is 4.69. The molecule has 0 spiro atoms. The van der Waals surface area contributed by atoms with E-state index in [1.54, 1.807) is 12.1 Å². The lowest BCUT2D eigenvalue weighted by atomic mass is 9.87. The van der Waals surface area contributed by atoms with Gasteiger partial charge in [-0.1, -0.05) is 45.0 Å². The minimum Gasteiger partial charge on any atom is -0.460 e. The monoisotopic (exact) mass is 403 g/mol. The van der Waals surface area contributed by atoms with E-state index in [2.05, 4.69) is 25.5 Å². The van der Waals surface area contributed by atoms with Gasteiger partial charge in [-0.2, -0.15) is 0 Å². The first kappa shape index (κ1) is 20.8. The second-order valence-corrected chi connectivity index (χ2v) is 8.00. The van der Waals surface area contributed by atoms with Crippen LogP contribution in [0, 0.1) is 0 Å². The highest BCUT2D eigenvalue weighted by molar-refractivity contribution is 5.70. The summed E-state index contributed by atoms with van der Waals surface area (Å²) in [5.41, 5.74) is 9.72. The molecule has 154 valence electrons. The fraction of sp³-hybridized carbons (Fsp3) is 0.304. The first-order chi connectivity index (χ1) is 13.5. The number of hydrogen-bond donors (Lipinski definition) is 1. The lowest BCUT2D eigenvalue weighted by Crippen LogP contribution is -2.17. The molecule has 0 saturated heterocycles. The third-order valence-electron chi connectivity index (χ3n) is 4.69. The van der Waals surface area contributed by atoms with Gasteiger partial charge in [0.1, 0.15) is 17.3 Å². The Balaban J connectivity index is 1.72. The van der Waals surface area contributed by atoms with Crippen molar-refractivity contribution in [2.75, 3.05) is 0 Å². The first-order valence-corrected chi connectivity index (χ1v) is 9.35. The number of allylic oxidation sites excluding steroid dienone is 3. The molecule has 0 aliphatic heterocycles. The number of ether oxygens (including phenoxy) is 2. The van der Waals surface area contributed by atoms with Gasteiger partial charge in [-0.25, -0.2) is 0 Å². The molecule has 0 radical (unpaired) electrons. The molecule has 2 aromatic carbocycles. The van der Waals surface area contributed by atoms with Crippen LogP contribution in [0.25, 0.3) is 5.57 Å². The Labute approximate surface area is 168 Å². The third kappa shape index (κ3) is 5.56. The van der Waals surface area contributed by atoms with Gasteiger partial charge in [-0.05, 0) is 58.9 Å². The molecule has 0 fully saturated rings. The first-order valence-electron chi connectivity index (χ1n) is 9.35. The van der Waals surface area contributed by atoms with Gasteiger partial charge in [0.05, 0.1) is 5.70 Å². The Morgan fingerprint density at radius 3 is 1.93 bits per heavy atom. The molecule has 0 amide bonds. The fourth-order valence-corrected chi connectivity index (χ4v) is 3.11. The highest BCUT2D eigenvalue weighted by Crippen LogP contribution is 2.32. The van der Waals surface area contributed by atoms with Gasteiger partial charge >= 0.3 is 6.36 Å². The van der Waals surface area contributed by atoms with Crippen LogP contribution in [0.5, 0.6) is 11.5 Å². The van der Waals surface area contributed by atoms with Gasteiger partial charge in [0, 0.05) is 6.42 Å². The van der Waals surface area contributed by atoms with Crippen LogP contribution in [0.2, 0.25) is 0 Å². The molecule has 6 heteroatoms. The van der Waals surface area contributed by atoms with Gasteiger partial charge in [-0.15, -0.1) is 13.2 Å². The van der Waals surface area contributed by atoms with E-state index in [1.807, 2.05) is 30.3 Å². The average molecular weight is 403 g/mol. The minimum atomic E-state index is -4.70. The van der Waals surface area contributed by atoms with E-state index in [4.69, 9.17) is 10.5 Å². The summed E-state index contributed by atoms with van der Waals surface area (Å²) < 4.78 is 46.7. The van der Waals surface area contributed by atoms with Crippen LogP contribution >= 0.6 is 0 Å². The van der Waals surface area contributed by atoms with E-state index in [-0.39, 0.29) is 11.2 Å². The minimum absolute atomic E-state index is 0.0694. The van der Waals surface area contributed by atoms with E-state index < -0.39 is 6.36 Å². The predicted octanol–water partition coefficient (Wildman–Crippen LogP) is 6.31. The van der Waals surface area contributed by atoms with Crippen molar-refractivity contribution in [3.05, 3.63) is 77.2 Å². The molecule has 0 aromatic heterocycles. The van der Waals surface area contributed by atoms with Crippen molar-refractivity contribution in [3.63, 3.8) is 0 Å². The Bertz CT molecular complexity index is 919. The van der Waals surface area contributed by atoms with Crippen molar-refractivity contribution in [1.29, 1.82) is 0 Å². The molecule has 2 aromatic rings. The molecule has 0 atom stereocenters. The quantitative estimate of drug-likeness (QED) is 0.651. The molecule has 0 unspecified atom stereocenters. The number of rotatable bonds is 4. The standard InChI is InChI=1S/C23H24F3NO2/c1-22(2,3)17-7-11-18(12-8-17)28-21-13-6-16(14-20(21)27)15-4-9-19(10-5-15)29-23(24,25)26/h4-5,7-12,14H,6,13,27H2,1-3H3. The van der Waals surface area contributed by atoms with Crippen molar-refractivity contribution < 1.29 is 22.6 Å². The Hall–Kier alpha value is -2.89. The van der Waals surface area contributed by atoms with Crippen molar-refractivity contribution >= 4 is 5.57 Å². The van der Waals surface area contributed by atoms with Crippen molar-refractivity contribution in [3.8, 4) is 11.5 Å². The smallest absolute Gasteiger partial charge is 0.460 e. The zero-order valence-electron chi connectivity index (χ0n) is 16.6. The number of nitrogens with two attached hydrogens (primary N) is 1. The summed E-state index contributed by atoms with van der Waals surface area (Å²) in [6.07, 6.45) is -1.60. The molecular formula is C23H24F3NO2. The van der Waals surface area contributed by atoms with E-state index in [9.17, 15) is 13.2 Å². The largest absolute Gasteiger partial charge is 0.573 e. The Kier molecular flexibility index (Phi) is 5.64. The molecule has 3 rings (SSSR count). The molecule has 29 heavy (non-hydrogen) atoms. The summed E-state index contributed by atoms with van der Waals surface area (Å²) >= 11 is 0. The zero-order valence-corrected chi connectivity index (χ0v) is 16.6. The van der Waals surface area contributed by atoms with Gasteiger partial charge in [-0.3, -0.25) is 0 Å². The van der Waals surface area contributed by atoms with Gasteiger partial charge in [0.15, 0.2) is 0 Å². The number of hydrogen-bond acceptors (Lipinski definition) is 3. The maximum absolute atomic E-state index is 12.3. The van der Waals surface area contributed by atoms with E-state index in [0.29, 0.717) is 24.3 Å². The van der Waals surface area contributed by atoms with Crippen LogP contribution in [0.15, 0.2) is 66.1 Å². The SMILES string of the molecule is CC(C)(C)c1ccc(OC2=C(N)C=C(c3ccc(OC(F)(F)F)cc3)CC2)cc1. The van der Waals surface area contributed by atoms with Gasteiger partial charge in [0.2, 0.25) is 0 Å².